The summed E-state index contributed by atoms with van der Waals surface area (Å²) in [6.45, 7) is 7.14. The van der Waals surface area contributed by atoms with Crippen LogP contribution >= 0.6 is 11.6 Å². The molecule has 0 saturated carbocycles. The van der Waals surface area contributed by atoms with Crippen molar-refractivity contribution < 1.29 is 13.8 Å². The molecule has 2 aromatic heterocycles. The van der Waals surface area contributed by atoms with Crippen LogP contribution in [0.4, 0.5) is 0 Å². The third-order valence-electron chi connectivity index (χ3n) is 4.93. The molecule has 0 spiro atoms. The third-order valence-corrected chi connectivity index (χ3v) is 5.26. The van der Waals surface area contributed by atoms with E-state index in [1.54, 1.807) is 13.0 Å². The number of aryl methyl sites for hydroxylation is 2. The van der Waals surface area contributed by atoms with Gasteiger partial charge in [-0.1, -0.05) is 40.1 Å². The van der Waals surface area contributed by atoms with Gasteiger partial charge >= 0.3 is 0 Å². The molecule has 3 aromatic rings. The predicted octanol–water partition coefficient (Wildman–Crippen LogP) is 3.56. The first-order valence-corrected chi connectivity index (χ1v) is 9.55. The number of aromatic nitrogens is 2. The van der Waals surface area contributed by atoms with Crippen LogP contribution in [0, 0.1) is 13.8 Å². The van der Waals surface area contributed by atoms with E-state index in [0.29, 0.717) is 40.7 Å². The van der Waals surface area contributed by atoms with E-state index in [9.17, 15) is 4.79 Å². The molecule has 28 heavy (non-hydrogen) atoms. The lowest BCUT2D eigenvalue weighted by molar-refractivity contribution is 0.0624. The molecule has 3 heterocycles. The van der Waals surface area contributed by atoms with Gasteiger partial charge < -0.3 is 13.9 Å². The average Bonchev–Trinajstić information content (AvgIpc) is 3.27. The number of rotatable bonds is 4. The van der Waals surface area contributed by atoms with Crippen molar-refractivity contribution in [2.75, 3.05) is 26.2 Å². The highest BCUT2D eigenvalue weighted by Gasteiger charge is 2.29. The zero-order valence-electron chi connectivity index (χ0n) is 15.8. The summed E-state index contributed by atoms with van der Waals surface area (Å²) >= 11 is 6.30. The number of hydrogen-bond acceptors (Lipinski definition) is 6. The van der Waals surface area contributed by atoms with Crippen molar-refractivity contribution in [3.05, 3.63) is 58.1 Å². The van der Waals surface area contributed by atoms with Gasteiger partial charge in [0.2, 0.25) is 0 Å². The van der Waals surface area contributed by atoms with Crippen molar-refractivity contribution in [2.45, 2.75) is 20.4 Å². The van der Waals surface area contributed by atoms with Crippen LogP contribution < -0.4 is 0 Å². The zero-order chi connectivity index (χ0) is 19.7. The smallest absolute Gasteiger partial charge is 0.259 e. The molecule has 0 aliphatic carbocycles. The van der Waals surface area contributed by atoms with Gasteiger partial charge in [-0.15, -0.1) is 0 Å². The largest absolute Gasteiger partial charge is 0.361 e. The first kappa shape index (κ1) is 18.7. The van der Waals surface area contributed by atoms with E-state index < -0.39 is 0 Å². The lowest BCUT2D eigenvalue weighted by atomic mass is 10.0. The molecule has 8 heteroatoms. The van der Waals surface area contributed by atoms with Crippen LogP contribution in [-0.2, 0) is 6.54 Å². The van der Waals surface area contributed by atoms with Gasteiger partial charge in [-0.3, -0.25) is 9.69 Å². The number of carbonyl (C=O) groups excluding carboxylic acids is 1. The Kier molecular flexibility index (Phi) is 5.19. The van der Waals surface area contributed by atoms with Crippen LogP contribution in [0.1, 0.15) is 27.6 Å². The molecular weight excluding hydrogens is 380 g/mol. The van der Waals surface area contributed by atoms with E-state index in [1.165, 1.54) is 0 Å². The topological polar surface area (TPSA) is 75.6 Å². The second-order valence-electron chi connectivity index (χ2n) is 6.94. The predicted molar refractivity (Wildman–Crippen MR) is 104 cm³/mol. The maximum absolute atomic E-state index is 13.2. The maximum Gasteiger partial charge on any atom is 0.259 e. The number of nitrogens with zero attached hydrogens (tertiary/aromatic N) is 4. The molecule has 0 atom stereocenters. The second-order valence-corrected chi connectivity index (χ2v) is 7.35. The van der Waals surface area contributed by atoms with E-state index in [-0.39, 0.29) is 5.91 Å². The van der Waals surface area contributed by atoms with Crippen molar-refractivity contribution in [3.8, 4) is 11.3 Å². The molecule has 0 N–H and O–H groups in total. The number of piperazine rings is 1. The molecule has 0 radical (unpaired) electrons. The summed E-state index contributed by atoms with van der Waals surface area (Å²) < 4.78 is 10.5. The molecule has 0 unspecified atom stereocenters. The molecule has 1 saturated heterocycles. The third kappa shape index (κ3) is 3.68. The van der Waals surface area contributed by atoms with Gasteiger partial charge in [-0.05, 0) is 19.9 Å². The molecule has 1 aromatic carbocycles. The minimum Gasteiger partial charge on any atom is -0.361 e. The number of amides is 1. The zero-order valence-corrected chi connectivity index (χ0v) is 16.6. The van der Waals surface area contributed by atoms with E-state index in [2.05, 4.69) is 15.2 Å². The SMILES string of the molecule is Cc1cc(CN2CCN(C(=O)c3c(-c4ccccc4Cl)noc3C)CC2)no1. The van der Waals surface area contributed by atoms with Crippen molar-refractivity contribution in [2.24, 2.45) is 0 Å². The van der Waals surface area contributed by atoms with Crippen LogP contribution in [0.3, 0.4) is 0 Å². The summed E-state index contributed by atoms with van der Waals surface area (Å²) in [6, 6.07) is 9.27. The van der Waals surface area contributed by atoms with Crippen LogP contribution in [0.15, 0.2) is 39.4 Å². The first-order valence-electron chi connectivity index (χ1n) is 9.18. The second kappa shape index (κ2) is 7.77. The fraction of sp³-hybridized carbons (Fsp3) is 0.350. The summed E-state index contributed by atoms with van der Waals surface area (Å²) in [5.74, 6) is 1.23. The molecule has 4 rings (SSSR count). The van der Waals surface area contributed by atoms with Gasteiger partial charge in [0.05, 0.1) is 10.7 Å². The molecule has 1 fully saturated rings. The quantitative estimate of drug-likeness (QED) is 0.666. The number of carbonyl (C=O) groups is 1. The number of benzene rings is 1. The minimum absolute atomic E-state index is 0.0781. The molecule has 1 aliphatic rings. The molecular formula is C20H21ClN4O3. The highest BCUT2D eigenvalue weighted by Crippen LogP contribution is 2.31. The number of halogens is 1. The lowest BCUT2D eigenvalue weighted by Gasteiger charge is -2.34. The normalized spacial score (nSPS) is 15.2. The van der Waals surface area contributed by atoms with Gasteiger partial charge in [0.25, 0.3) is 5.91 Å². The van der Waals surface area contributed by atoms with E-state index in [1.807, 2.05) is 36.1 Å². The molecule has 1 amide bonds. The average molecular weight is 401 g/mol. The van der Waals surface area contributed by atoms with Crippen molar-refractivity contribution in [3.63, 3.8) is 0 Å². The van der Waals surface area contributed by atoms with Crippen LogP contribution in [0.5, 0.6) is 0 Å². The minimum atomic E-state index is -0.0781. The van der Waals surface area contributed by atoms with E-state index >= 15 is 0 Å². The Balaban J connectivity index is 1.48. The summed E-state index contributed by atoms with van der Waals surface area (Å²) in [4.78, 5) is 17.3. The fourth-order valence-electron chi connectivity index (χ4n) is 3.45. The van der Waals surface area contributed by atoms with Gasteiger partial charge in [0.15, 0.2) is 0 Å². The standard InChI is InChI=1S/C20H21ClN4O3/c1-13-11-15(22-27-13)12-24-7-9-25(10-8-24)20(26)18-14(2)28-23-19(18)16-5-3-4-6-17(16)21/h3-6,11H,7-10,12H2,1-2H3. The Morgan fingerprint density at radius 3 is 2.54 bits per heavy atom. The number of hydrogen-bond donors (Lipinski definition) is 0. The molecule has 7 nitrogen and oxygen atoms in total. The summed E-state index contributed by atoms with van der Waals surface area (Å²) in [6.07, 6.45) is 0. The summed E-state index contributed by atoms with van der Waals surface area (Å²) in [5.41, 5.74) is 2.58. The Morgan fingerprint density at radius 2 is 1.86 bits per heavy atom. The highest BCUT2D eigenvalue weighted by atomic mass is 35.5. The van der Waals surface area contributed by atoms with Crippen LogP contribution in [-0.4, -0.2) is 52.2 Å². The fourth-order valence-corrected chi connectivity index (χ4v) is 3.68. The molecule has 0 bridgehead atoms. The molecule has 146 valence electrons. The van der Waals surface area contributed by atoms with Crippen LogP contribution in [0.2, 0.25) is 5.02 Å². The Labute approximate surface area is 167 Å². The first-order chi connectivity index (χ1) is 13.5. The van der Waals surface area contributed by atoms with Crippen LogP contribution in [0.25, 0.3) is 11.3 Å². The highest BCUT2D eigenvalue weighted by molar-refractivity contribution is 6.33. The Bertz CT molecular complexity index is 989. The van der Waals surface area contributed by atoms with Gasteiger partial charge in [-0.2, -0.15) is 0 Å². The summed E-state index contributed by atoms with van der Waals surface area (Å²) in [7, 11) is 0. The van der Waals surface area contributed by atoms with Crippen molar-refractivity contribution >= 4 is 17.5 Å². The van der Waals surface area contributed by atoms with E-state index in [0.717, 1.165) is 31.1 Å². The Hall–Kier alpha value is -2.64. The maximum atomic E-state index is 13.2. The van der Waals surface area contributed by atoms with Crippen molar-refractivity contribution in [1.29, 1.82) is 0 Å². The molecule has 1 aliphatic heterocycles. The Morgan fingerprint density at radius 1 is 1.11 bits per heavy atom. The van der Waals surface area contributed by atoms with Gasteiger partial charge in [-0.25, -0.2) is 0 Å². The van der Waals surface area contributed by atoms with Gasteiger partial charge in [0, 0.05) is 44.4 Å². The lowest BCUT2D eigenvalue weighted by Crippen LogP contribution is -2.48. The summed E-state index contributed by atoms with van der Waals surface area (Å²) in [5, 5.41) is 8.68. The monoisotopic (exact) mass is 400 g/mol. The van der Waals surface area contributed by atoms with E-state index in [4.69, 9.17) is 20.6 Å². The van der Waals surface area contributed by atoms with Gasteiger partial charge in [0.1, 0.15) is 22.8 Å². The van der Waals surface area contributed by atoms with Crippen molar-refractivity contribution in [1.82, 2.24) is 20.1 Å².